The number of carbonyl (C=O) groups is 1. The smallest absolute Gasteiger partial charge is 0.271 e. The quantitative estimate of drug-likeness (QED) is 0.696. The minimum atomic E-state index is -0.303. The first-order valence-corrected chi connectivity index (χ1v) is 6.78. The molecule has 2 aromatic carbocycles. The Morgan fingerprint density at radius 3 is 2.77 bits per heavy atom. The topological polar surface area (TPSA) is 59.9 Å². The summed E-state index contributed by atoms with van der Waals surface area (Å²) < 4.78 is 10.4. The number of hydrogen-bond acceptors (Lipinski definition) is 4. The first kappa shape index (κ1) is 13.9. The zero-order chi connectivity index (χ0) is 15.2. The van der Waals surface area contributed by atoms with E-state index in [1.807, 2.05) is 36.4 Å². The van der Waals surface area contributed by atoms with Crippen molar-refractivity contribution in [2.45, 2.75) is 0 Å². The molecule has 2 aromatic rings. The van der Waals surface area contributed by atoms with E-state index in [4.69, 9.17) is 9.47 Å². The van der Waals surface area contributed by atoms with Crippen LogP contribution >= 0.6 is 0 Å². The molecule has 0 atom stereocenters. The van der Waals surface area contributed by atoms with E-state index >= 15 is 0 Å². The van der Waals surface area contributed by atoms with Crippen LogP contribution in [0.15, 0.2) is 59.7 Å². The van der Waals surface area contributed by atoms with E-state index < -0.39 is 0 Å². The maximum absolute atomic E-state index is 11.9. The Morgan fingerprint density at radius 2 is 1.91 bits per heavy atom. The molecule has 1 heterocycles. The number of ether oxygens (including phenoxy) is 2. The highest BCUT2D eigenvalue weighted by Gasteiger charge is 2.15. The molecule has 0 fully saturated rings. The number of rotatable bonds is 4. The standard InChI is InChI=1S/C17H14N2O3/c20-17(14-8-9-15-16(11-14)22-12-21-15)19-18-10-4-7-13-5-2-1-3-6-13/h1-11H,12H2,(H,19,20)/b7-4+,18-10-. The van der Waals surface area contributed by atoms with Crippen LogP contribution in [0, 0.1) is 0 Å². The van der Waals surface area contributed by atoms with Crippen LogP contribution in [0.4, 0.5) is 0 Å². The average molecular weight is 294 g/mol. The van der Waals surface area contributed by atoms with Gasteiger partial charge in [-0.1, -0.05) is 36.4 Å². The van der Waals surface area contributed by atoms with Crippen molar-refractivity contribution in [3.8, 4) is 11.5 Å². The summed E-state index contributed by atoms with van der Waals surface area (Å²) in [7, 11) is 0. The van der Waals surface area contributed by atoms with E-state index in [0.717, 1.165) is 5.56 Å². The molecule has 1 amide bonds. The summed E-state index contributed by atoms with van der Waals surface area (Å²) in [4.78, 5) is 11.9. The second-order valence-electron chi connectivity index (χ2n) is 4.56. The van der Waals surface area contributed by atoms with E-state index in [9.17, 15) is 4.79 Å². The number of nitrogens with one attached hydrogen (secondary N) is 1. The van der Waals surface area contributed by atoms with Gasteiger partial charge in [-0.05, 0) is 29.8 Å². The Kier molecular flexibility index (Phi) is 4.15. The molecule has 1 N–H and O–H groups in total. The van der Waals surface area contributed by atoms with Crippen molar-refractivity contribution >= 4 is 18.2 Å². The van der Waals surface area contributed by atoms with Crippen molar-refractivity contribution in [2.24, 2.45) is 5.10 Å². The summed E-state index contributed by atoms with van der Waals surface area (Å²) in [6, 6.07) is 14.8. The Balaban J connectivity index is 1.56. The number of hydrogen-bond donors (Lipinski definition) is 1. The maximum atomic E-state index is 11.9. The van der Waals surface area contributed by atoms with Crippen LogP contribution in [0.5, 0.6) is 11.5 Å². The number of amides is 1. The number of allylic oxidation sites excluding steroid dienone is 1. The predicted octanol–water partition coefficient (Wildman–Crippen LogP) is 2.84. The molecule has 1 aliphatic rings. The van der Waals surface area contributed by atoms with Crippen LogP contribution in [0.2, 0.25) is 0 Å². The predicted molar refractivity (Wildman–Crippen MR) is 84.0 cm³/mol. The number of carbonyl (C=O) groups excluding carboxylic acids is 1. The van der Waals surface area contributed by atoms with Crippen LogP contribution in [0.3, 0.4) is 0 Å². The molecule has 0 aliphatic carbocycles. The summed E-state index contributed by atoms with van der Waals surface area (Å²) >= 11 is 0. The molecule has 110 valence electrons. The first-order chi connectivity index (χ1) is 10.8. The SMILES string of the molecule is O=C(N/N=C\C=C\c1ccccc1)c1ccc2c(c1)OCO2. The molecule has 0 spiro atoms. The lowest BCUT2D eigenvalue weighted by Crippen LogP contribution is -2.17. The molecule has 3 rings (SSSR count). The highest BCUT2D eigenvalue weighted by Crippen LogP contribution is 2.32. The molecule has 1 aliphatic heterocycles. The van der Waals surface area contributed by atoms with Gasteiger partial charge in [-0.15, -0.1) is 0 Å². The molecular formula is C17H14N2O3. The Bertz CT molecular complexity index is 724. The number of benzene rings is 2. The van der Waals surface area contributed by atoms with Gasteiger partial charge in [-0.25, -0.2) is 5.43 Å². The van der Waals surface area contributed by atoms with Crippen molar-refractivity contribution in [2.75, 3.05) is 6.79 Å². The minimum Gasteiger partial charge on any atom is -0.454 e. The second-order valence-corrected chi connectivity index (χ2v) is 4.56. The molecule has 0 aromatic heterocycles. The molecule has 22 heavy (non-hydrogen) atoms. The lowest BCUT2D eigenvalue weighted by atomic mass is 10.2. The van der Waals surface area contributed by atoms with Crippen LogP contribution in [-0.4, -0.2) is 18.9 Å². The van der Waals surface area contributed by atoms with E-state index in [0.29, 0.717) is 17.1 Å². The van der Waals surface area contributed by atoms with E-state index in [1.165, 1.54) is 6.21 Å². The van der Waals surface area contributed by atoms with Crippen LogP contribution in [0.1, 0.15) is 15.9 Å². The first-order valence-electron chi connectivity index (χ1n) is 6.78. The Hall–Kier alpha value is -3.08. The zero-order valence-corrected chi connectivity index (χ0v) is 11.7. The number of fused-ring (bicyclic) bond motifs is 1. The fraction of sp³-hybridized carbons (Fsp3) is 0.0588. The molecule has 0 bridgehead atoms. The molecular weight excluding hydrogens is 280 g/mol. The lowest BCUT2D eigenvalue weighted by Gasteiger charge is -2.01. The van der Waals surface area contributed by atoms with Gasteiger partial charge in [0.25, 0.3) is 5.91 Å². The summed E-state index contributed by atoms with van der Waals surface area (Å²) in [5.41, 5.74) is 3.99. The largest absolute Gasteiger partial charge is 0.454 e. The molecule has 0 saturated carbocycles. The molecule has 0 unspecified atom stereocenters. The Morgan fingerprint density at radius 1 is 1.09 bits per heavy atom. The van der Waals surface area contributed by atoms with Crippen molar-refractivity contribution in [1.82, 2.24) is 5.43 Å². The number of nitrogens with zero attached hydrogens (tertiary/aromatic N) is 1. The number of hydrazone groups is 1. The van der Waals surface area contributed by atoms with Crippen molar-refractivity contribution < 1.29 is 14.3 Å². The summed E-state index contributed by atoms with van der Waals surface area (Å²) in [5, 5.41) is 3.87. The minimum absolute atomic E-state index is 0.183. The Labute approximate surface area is 127 Å². The zero-order valence-electron chi connectivity index (χ0n) is 11.7. The molecule has 5 nitrogen and oxygen atoms in total. The third-order valence-corrected chi connectivity index (χ3v) is 3.05. The van der Waals surface area contributed by atoms with E-state index in [1.54, 1.807) is 24.3 Å². The normalized spacial score (nSPS) is 12.9. The van der Waals surface area contributed by atoms with E-state index in [2.05, 4.69) is 10.5 Å². The fourth-order valence-electron chi connectivity index (χ4n) is 1.96. The van der Waals surface area contributed by atoms with Gasteiger partial charge in [0, 0.05) is 11.8 Å². The van der Waals surface area contributed by atoms with Crippen molar-refractivity contribution in [3.63, 3.8) is 0 Å². The highest BCUT2D eigenvalue weighted by atomic mass is 16.7. The molecule has 0 radical (unpaired) electrons. The summed E-state index contributed by atoms with van der Waals surface area (Å²) in [5.74, 6) is 0.911. The maximum Gasteiger partial charge on any atom is 0.271 e. The lowest BCUT2D eigenvalue weighted by molar-refractivity contribution is 0.0954. The average Bonchev–Trinajstić information content (AvgIpc) is 3.03. The third kappa shape index (κ3) is 3.32. The molecule has 0 saturated heterocycles. The van der Waals surface area contributed by atoms with Gasteiger partial charge in [0.1, 0.15) is 0 Å². The van der Waals surface area contributed by atoms with Gasteiger partial charge in [0.05, 0.1) is 0 Å². The van der Waals surface area contributed by atoms with Gasteiger partial charge in [-0.2, -0.15) is 5.10 Å². The third-order valence-electron chi connectivity index (χ3n) is 3.05. The van der Waals surface area contributed by atoms with Gasteiger partial charge in [-0.3, -0.25) is 4.79 Å². The second kappa shape index (κ2) is 6.58. The van der Waals surface area contributed by atoms with Crippen LogP contribution in [-0.2, 0) is 0 Å². The van der Waals surface area contributed by atoms with Gasteiger partial charge in [0.2, 0.25) is 6.79 Å². The van der Waals surface area contributed by atoms with Crippen LogP contribution < -0.4 is 14.9 Å². The van der Waals surface area contributed by atoms with Gasteiger partial charge < -0.3 is 9.47 Å². The van der Waals surface area contributed by atoms with Gasteiger partial charge in [0.15, 0.2) is 11.5 Å². The van der Waals surface area contributed by atoms with Crippen LogP contribution in [0.25, 0.3) is 6.08 Å². The van der Waals surface area contributed by atoms with Crippen molar-refractivity contribution in [3.05, 3.63) is 65.7 Å². The fourth-order valence-corrected chi connectivity index (χ4v) is 1.96. The highest BCUT2D eigenvalue weighted by molar-refractivity contribution is 5.95. The molecule has 5 heteroatoms. The monoisotopic (exact) mass is 294 g/mol. The summed E-state index contributed by atoms with van der Waals surface area (Å²) in [6.07, 6.45) is 5.18. The van der Waals surface area contributed by atoms with Gasteiger partial charge >= 0.3 is 0 Å². The van der Waals surface area contributed by atoms with Crippen molar-refractivity contribution in [1.29, 1.82) is 0 Å². The van der Waals surface area contributed by atoms with E-state index in [-0.39, 0.29) is 12.7 Å². The summed E-state index contributed by atoms with van der Waals surface area (Å²) in [6.45, 7) is 0.183.